The van der Waals surface area contributed by atoms with Gasteiger partial charge in [-0.1, -0.05) is 99.0 Å². The van der Waals surface area contributed by atoms with Crippen molar-refractivity contribution >= 4 is 0 Å². The highest BCUT2D eigenvalue weighted by atomic mass is 16.3. The van der Waals surface area contributed by atoms with Gasteiger partial charge in [-0.2, -0.15) is 0 Å². The molecule has 2 aromatic rings. The Labute approximate surface area is 159 Å². The predicted molar refractivity (Wildman–Crippen MR) is 112 cm³/mol. The highest BCUT2D eigenvalue weighted by molar-refractivity contribution is 5.18. The maximum Gasteiger partial charge on any atom is 0.0834 e. The fourth-order valence-corrected chi connectivity index (χ4v) is 3.29. The first-order valence-electron chi connectivity index (χ1n) is 10.2. The molecule has 0 spiro atoms. The molecule has 0 aliphatic carbocycles. The number of aliphatic hydroxyl groups is 1. The van der Waals surface area contributed by atoms with Gasteiger partial charge in [-0.15, -0.1) is 0 Å². The zero-order chi connectivity index (χ0) is 18.5. The molecule has 1 heteroatoms. The molecule has 0 aliphatic rings. The zero-order valence-corrected chi connectivity index (χ0v) is 16.2. The number of allylic oxidation sites excluding steroid dienone is 1. The van der Waals surface area contributed by atoms with Crippen LogP contribution in [0.1, 0.15) is 63.0 Å². The highest BCUT2D eigenvalue weighted by Crippen LogP contribution is 2.23. The average Bonchev–Trinajstić information content (AvgIpc) is 2.69. The summed E-state index contributed by atoms with van der Waals surface area (Å²) in [5.41, 5.74) is 1.86. The van der Waals surface area contributed by atoms with E-state index in [1.165, 1.54) is 36.8 Å². The molecule has 2 aromatic carbocycles. The number of aryl methyl sites for hydroxylation is 2. The minimum absolute atomic E-state index is 0.726. The summed E-state index contributed by atoms with van der Waals surface area (Å²) in [4.78, 5) is 0. The van der Waals surface area contributed by atoms with E-state index in [-0.39, 0.29) is 0 Å². The first kappa shape index (κ1) is 20.5. The summed E-state index contributed by atoms with van der Waals surface area (Å²) in [6.07, 6.45) is 13.8. The van der Waals surface area contributed by atoms with Crippen molar-refractivity contribution in [3.8, 4) is 0 Å². The van der Waals surface area contributed by atoms with Crippen LogP contribution in [0.5, 0.6) is 0 Å². The van der Waals surface area contributed by atoms with Crippen molar-refractivity contribution in [2.45, 2.75) is 70.3 Å². The van der Waals surface area contributed by atoms with Gasteiger partial charge in [-0.05, 0) is 49.7 Å². The van der Waals surface area contributed by atoms with Crippen LogP contribution in [0.25, 0.3) is 0 Å². The van der Waals surface area contributed by atoms with E-state index >= 15 is 0 Å². The van der Waals surface area contributed by atoms with Crippen LogP contribution in [-0.2, 0) is 12.8 Å². The first-order valence-corrected chi connectivity index (χ1v) is 10.2. The molecule has 0 fully saturated rings. The van der Waals surface area contributed by atoms with Crippen LogP contribution >= 0.6 is 0 Å². The molecule has 1 N–H and O–H groups in total. The molecular formula is C25H34O. The van der Waals surface area contributed by atoms with Gasteiger partial charge in [-0.3, -0.25) is 0 Å². The molecule has 140 valence electrons. The van der Waals surface area contributed by atoms with Crippen LogP contribution in [0.4, 0.5) is 0 Å². The fourth-order valence-electron chi connectivity index (χ4n) is 3.29. The summed E-state index contributed by atoms with van der Waals surface area (Å²) in [5, 5.41) is 11.2. The largest absolute Gasteiger partial charge is 0.386 e. The lowest BCUT2D eigenvalue weighted by molar-refractivity contribution is 0.0725. The van der Waals surface area contributed by atoms with Crippen LogP contribution in [0, 0.1) is 0 Å². The normalized spacial score (nSPS) is 11.9. The molecule has 1 nitrogen and oxygen atoms in total. The molecule has 0 bridgehead atoms. The van der Waals surface area contributed by atoms with Crippen molar-refractivity contribution in [3.63, 3.8) is 0 Å². The van der Waals surface area contributed by atoms with Crippen molar-refractivity contribution in [1.82, 2.24) is 0 Å². The summed E-state index contributed by atoms with van der Waals surface area (Å²) < 4.78 is 0. The SMILES string of the molecule is CCCCCC/C=C/C(O)(CCc1ccccc1)CCc1ccccc1. The summed E-state index contributed by atoms with van der Waals surface area (Å²) in [6.45, 7) is 2.24. The second-order valence-corrected chi connectivity index (χ2v) is 7.33. The molecule has 0 saturated heterocycles. The van der Waals surface area contributed by atoms with Crippen molar-refractivity contribution < 1.29 is 5.11 Å². The number of hydrogen-bond donors (Lipinski definition) is 1. The van der Waals surface area contributed by atoms with Crippen molar-refractivity contribution in [1.29, 1.82) is 0 Å². The third kappa shape index (κ3) is 8.01. The lowest BCUT2D eigenvalue weighted by Crippen LogP contribution is -2.27. The smallest absolute Gasteiger partial charge is 0.0834 e. The number of benzene rings is 2. The van der Waals surface area contributed by atoms with E-state index in [4.69, 9.17) is 0 Å². The van der Waals surface area contributed by atoms with E-state index in [0.717, 1.165) is 32.1 Å². The Morgan fingerprint density at radius 1 is 0.769 bits per heavy atom. The Morgan fingerprint density at radius 3 is 1.81 bits per heavy atom. The van der Waals surface area contributed by atoms with Gasteiger partial charge in [0.2, 0.25) is 0 Å². The Bertz CT molecular complexity index is 572. The lowest BCUT2D eigenvalue weighted by atomic mass is 9.88. The molecule has 0 amide bonds. The molecule has 0 aliphatic heterocycles. The first-order chi connectivity index (χ1) is 12.7. The lowest BCUT2D eigenvalue weighted by Gasteiger charge is -2.25. The average molecular weight is 351 g/mol. The monoisotopic (exact) mass is 350 g/mol. The quantitative estimate of drug-likeness (QED) is 0.342. The fraction of sp³-hybridized carbons (Fsp3) is 0.440. The van der Waals surface area contributed by atoms with Crippen molar-refractivity contribution in [2.75, 3.05) is 0 Å². The van der Waals surface area contributed by atoms with Crippen LogP contribution in [0.15, 0.2) is 72.8 Å². The van der Waals surface area contributed by atoms with E-state index < -0.39 is 5.60 Å². The molecule has 0 atom stereocenters. The standard InChI is InChI=1S/C25H34O/c1-2-3-4-5-6-13-20-25(26,21-18-23-14-9-7-10-15-23)22-19-24-16-11-8-12-17-24/h7-17,20,26H,2-6,18-19,21-22H2,1H3/b20-13+. The molecule has 0 unspecified atom stereocenters. The van der Waals surface area contributed by atoms with Gasteiger partial charge in [0.05, 0.1) is 5.60 Å². The highest BCUT2D eigenvalue weighted by Gasteiger charge is 2.23. The van der Waals surface area contributed by atoms with Gasteiger partial charge in [-0.25, -0.2) is 0 Å². The Balaban J connectivity index is 1.93. The number of hydrogen-bond acceptors (Lipinski definition) is 1. The van der Waals surface area contributed by atoms with Gasteiger partial charge in [0.15, 0.2) is 0 Å². The van der Waals surface area contributed by atoms with Gasteiger partial charge >= 0.3 is 0 Å². The second kappa shape index (κ2) is 11.7. The van der Waals surface area contributed by atoms with E-state index in [1.54, 1.807) is 0 Å². The van der Waals surface area contributed by atoms with Crippen molar-refractivity contribution in [3.05, 3.63) is 83.9 Å². The Morgan fingerprint density at radius 2 is 1.31 bits per heavy atom. The molecule has 2 rings (SSSR count). The molecular weight excluding hydrogens is 316 g/mol. The van der Waals surface area contributed by atoms with Crippen LogP contribution in [0.2, 0.25) is 0 Å². The molecule has 26 heavy (non-hydrogen) atoms. The second-order valence-electron chi connectivity index (χ2n) is 7.33. The van der Waals surface area contributed by atoms with Gasteiger partial charge < -0.3 is 5.11 Å². The summed E-state index contributed by atoms with van der Waals surface area (Å²) in [7, 11) is 0. The summed E-state index contributed by atoms with van der Waals surface area (Å²) in [6, 6.07) is 21.0. The topological polar surface area (TPSA) is 20.2 Å². The predicted octanol–water partition coefficient (Wildman–Crippen LogP) is 6.51. The van der Waals surface area contributed by atoms with E-state index in [2.05, 4.69) is 67.6 Å². The molecule has 0 aromatic heterocycles. The molecule has 0 saturated carbocycles. The maximum atomic E-state index is 11.2. The van der Waals surface area contributed by atoms with Crippen LogP contribution in [0.3, 0.4) is 0 Å². The molecule has 0 heterocycles. The molecule has 0 radical (unpaired) electrons. The third-order valence-corrected chi connectivity index (χ3v) is 5.03. The van der Waals surface area contributed by atoms with Gasteiger partial charge in [0, 0.05) is 0 Å². The number of unbranched alkanes of at least 4 members (excludes halogenated alkanes) is 4. The third-order valence-electron chi connectivity index (χ3n) is 5.03. The van der Waals surface area contributed by atoms with Gasteiger partial charge in [0.25, 0.3) is 0 Å². The Kier molecular flexibility index (Phi) is 9.20. The number of rotatable bonds is 12. The summed E-state index contributed by atoms with van der Waals surface area (Å²) in [5.74, 6) is 0. The van der Waals surface area contributed by atoms with Crippen LogP contribution < -0.4 is 0 Å². The van der Waals surface area contributed by atoms with E-state index in [9.17, 15) is 5.11 Å². The Hall–Kier alpha value is -1.86. The van der Waals surface area contributed by atoms with Crippen molar-refractivity contribution in [2.24, 2.45) is 0 Å². The minimum Gasteiger partial charge on any atom is -0.386 e. The van der Waals surface area contributed by atoms with Crippen LogP contribution in [-0.4, -0.2) is 10.7 Å². The van der Waals surface area contributed by atoms with E-state index in [1.807, 2.05) is 12.1 Å². The minimum atomic E-state index is -0.726. The summed E-state index contributed by atoms with van der Waals surface area (Å²) >= 11 is 0. The van der Waals surface area contributed by atoms with E-state index in [0.29, 0.717) is 0 Å². The maximum absolute atomic E-state index is 11.2. The van der Waals surface area contributed by atoms with Gasteiger partial charge in [0.1, 0.15) is 0 Å². The zero-order valence-electron chi connectivity index (χ0n) is 16.2.